The van der Waals surface area contributed by atoms with Crippen molar-refractivity contribution >= 4 is 29.3 Å². The first kappa shape index (κ1) is 13.3. The zero-order valence-electron chi connectivity index (χ0n) is 8.71. The summed E-state index contributed by atoms with van der Waals surface area (Å²) in [5, 5.41) is -3.00. The van der Waals surface area contributed by atoms with Crippen LogP contribution in [0.5, 0.6) is 0 Å². The molecule has 1 amide bonds. The maximum Gasteiger partial charge on any atom is 0.375 e. The molecule has 0 saturated carbocycles. The molecule has 1 aromatic rings. The van der Waals surface area contributed by atoms with Gasteiger partial charge in [0.1, 0.15) is 0 Å². The maximum absolute atomic E-state index is 13.4. The third-order valence-electron chi connectivity index (χ3n) is 1.71. The van der Waals surface area contributed by atoms with Gasteiger partial charge in [-0.05, 0) is 36.0 Å². The number of amides is 1. The van der Waals surface area contributed by atoms with E-state index in [1.54, 1.807) is 0 Å². The van der Waals surface area contributed by atoms with Crippen molar-refractivity contribution in [3.8, 4) is 0 Å². The zero-order valence-corrected chi connectivity index (χ0v) is 10.3. The molecule has 6 heteroatoms. The molecule has 0 aromatic heterocycles. The molecular formula is C10H10ClF2NOS. The Kier molecular flexibility index (Phi) is 4.15. The van der Waals surface area contributed by atoms with Crippen molar-refractivity contribution in [2.45, 2.75) is 10.2 Å². The van der Waals surface area contributed by atoms with Crippen LogP contribution < -0.4 is 0 Å². The van der Waals surface area contributed by atoms with Gasteiger partial charge in [-0.2, -0.15) is 8.78 Å². The predicted molar refractivity (Wildman–Crippen MR) is 61.0 cm³/mol. The second-order valence-corrected chi connectivity index (χ2v) is 4.90. The Balaban J connectivity index is 2.80. The number of hydrogen-bond donors (Lipinski definition) is 0. The molecule has 0 fully saturated rings. The molecule has 88 valence electrons. The van der Waals surface area contributed by atoms with Gasteiger partial charge < -0.3 is 4.90 Å². The van der Waals surface area contributed by atoms with Gasteiger partial charge in [-0.1, -0.05) is 11.6 Å². The zero-order chi connectivity index (χ0) is 12.3. The normalized spacial score (nSPS) is 11.3. The quantitative estimate of drug-likeness (QED) is 0.783. The number of thioether (sulfide) groups is 1. The van der Waals surface area contributed by atoms with Crippen molar-refractivity contribution in [2.75, 3.05) is 14.1 Å². The molecule has 1 rings (SSSR count). The van der Waals surface area contributed by atoms with Crippen molar-refractivity contribution < 1.29 is 13.6 Å². The summed E-state index contributed by atoms with van der Waals surface area (Å²) in [7, 11) is 2.58. The van der Waals surface area contributed by atoms with Crippen LogP contribution in [0.3, 0.4) is 0 Å². The van der Waals surface area contributed by atoms with Gasteiger partial charge >= 0.3 is 11.2 Å². The fourth-order valence-corrected chi connectivity index (χ4v) is 1.92. The molecule has 0 aliphatic carbocycles. The highest BCUT2D eigenvalue weighted by atomic mass is 35.5. The Morgan fingerprint density at radius 3 is 2.25 bits per heavy atom. The second-order valence-electron chi connectivity index (χ2n) is 3.27. The number of carbonyl (C=O) groups is 1. The minimum atomic E-state index is -3.46. The Labute approximate surface area is 102 Å². The first-order valence-corrected chi connectivity index (χ1v) is 5.56. The van der Waals surface area contributed by atoms with E-state index in [2.05, 4.69) is 0 Å². The highest BCUT2D eigenvalue weighted by Crippen LogP contribution is 2.37. The first-order chi connectivity index (χ1) is 7.33. The molecular weight excluding hydrogens is 256 g/mol. The lowest BCUT2D eigenvalue weighted by Gasteiger charge is -2.19. The van der Waals surface area contributed by atoms with Crippen molar-refractivity contribution in [1.29, 1.82) is 0 Å². The van der Waals surface area contributed by atoms with Crippen LogP contribution in [0.1, 0.15) is 0 Å². The first-order valence-electron chi connectivity index (χ1n) is 4.37. The maximum atomic E-state index is 13.4. The summed E-state index contributed by atoms with van der Waals surface area (Å²) < 4.78 is 26.8. The van der Waals surface area contributed by atoms with Gasteiger partial charge in [0.25, 0.3) is 0 Å². The lowest BCUT2D eigenvalue weighted by atomic mass is 10.4. The summed E-state index contributed by atoms with van der Waals surface area (Å²) in [5.41, 5.74) is 0. The van der Waals surface area contributed by atoms with Crippen LogP contribution in [0.15, 0.2) is 29.2 Å². The van der Waals surface area contributed by atoms with Crippen molar-refractivity contribution in [1.82, 2.24) is 4.90 Å². The van der Waals surface area contributed by atoms with E-state index >= 15 is 0 Å². The lowest BCUT2D eigenvalue weighted by Crippen LogP contribution is -2.36. The molecule has 0 saturated heterocycles. The standard InChI is InChI=1S/C10H10ClF2NOS/c1-14(2)9(15)10(12,13)16-8-5-3-7(11)4-6-8/h3-6H,1-2H3. The summed E-state index contributed by atoms with van der Waals surface area (Å²) >= 11 is 5.83. The van der Waals surface area contributed by atoms with Crippen LogP contribution in [0.2, 0.25) is 5.02 Å². The molecule has 2 nitrogen and oxygen atoms in total. The average molecular weight is 266 g/mol. The minimum Gasteiger partial charge on any atom is -0.343 e. The number of halogens is 3. The molecule has 0 aliphatic rings. The number of nitrogens with zero attached hydrogens (tertiary/aromatic N) is 1. The molecule has 0 heterocycles. The largest absolute Gasteiger partial charge is 0.375 e. The van der Waals surface area contributed by atoms with E-state index in [0.29, 0.717) is 9.92 Å². The summed E-state index contributed by atoms with van der Waals surface area (Å²) in [6.45, 7) is 0. The van der Waals surface area contributed by atoms with Crippen LogP contribution in [-0.2, 0) is 4.79 Å². The molecule has 0 N–H and O–H groups in total. The SMILES string of the molecule is CN(C)C(=O)C(F)(F)Sc1ccc(Cl)cc1. The highest BCUT2D eigenvalue weighted by Gasteiger charge is 2.41. The Morgan fingerprint density at radius 2 is 1.81 bits per heavy atom. The predicted octanol–water partition coefficient (Wildman–Crippen LogP) is 3.11. The fraction of sp³-hybridized carbons (Fsp3) is 0.300. The molecule has 1 aromatic carbocycles. The van der Waals surface area contributed by atoms with Crippen molar-refractivity contribution in [2.24, 2.45) is 0 Å². The number of benzene rings is 1. The van der Waals surface area contributed by atoms with Gasteiger partial charge in [-0.3, -0.25) is 4.79 Å². The highest BCUT2D eigenvalue weighted by molar-refractivity contribution is 8.01. The van der Waals surface area contributed by atoms with Crippen LogP contribution in [0.25, 0.3) is 0 Å². The lowest BCUT2D eigenvalue weighted by molar-refractivity contribution is -0.143. The van der Waals surface area contributed by atoms with E-state index in [-0.39, 0.29) is 11.8 Å². The molecule has 16 heavy (non-hydrogen) atoms. The monoisotopic (exact) mass is 265 g/mol. The van der Waals surface area contributed by atoms with Gasteiger partial charge in [-0.15, -0.1) is 0 Å². The number of rotatable bonds is 3. The van der Waals surface area contributed by atoms with E-state index in [1.165, 1.54) is 38.4 Å². The third-order valence-corrected chi connectivity index (χ3v) is 2.91. The smallest absolute Gasteiger partial charge is 0.343 e. The van der Waals surface area contributed by atoms with E-state index < -0.39 is 11.2 Å². The summed E-state index contributed by atoms with van der Waals surface area (Å²) in [4.78, 5) is 12.3. The average Bonchev–Trinajstić information content (AvgIpc) is 2.20. The van der Waals surface area contributed by atoms with Gasteiger partial charge in [0.2, 0.25) is 0 Å². The van der Waals surface area contributed by atoms with E-state index in [1.807, 2.05) is 0 Å². The number of carbonyl (C=O) groups excluding carboxylic acids is 1. The fourth-order valence-electron chi connectivity index (χ4n) is 0.955. The van der Waals surface area contributed by atoms with Crippen LogP contribution >= 0.6 is 23.4 Å². The summed E-state index contributed by atoms with van der Waals surface area (Å²) in [6, 6.07) is 5.90. The van der Waals surface area contributed by atoms with Crippen molar-refractivity contribution in [3.63, 3.8) is 0 Å². The number of alkyl halides is 2. The Bertz CT molecular complexity index is 381. The topological polar surface area (TPSA) is 20.3 Å². The molecule has 0 atom stereocenters. The molecule has 0 radical (unpaired) electrons. The Hall–Kier alpha value is -0.810. The third kappa shape index (κ3) is 3.35. The van der Waals surface area contributed by atoms with Gasteiger partial charge in [0.05, 0.1) is 0 Å². The van der Waals surface area contributed by atoms with E-state index in [0.717, 1.165) is 4.90 Å². The molecule has 0 spiro atoms. The van der Waals surface area contributed by atoms with Crippen LogP contribution in [0, 0.1) is 0 Å². The van der Waals surface area contributed by atoms with Gasteiger partial charge in [0.15, 0.2) is 0 Å². The van der Waals surface area contributed by atoms with Gasteiger partial charge in [-0.25, -0.2) is 0 Å². The molecule has 0 bridgehead atoms. The molecule has 0 aliphatic heterocycles. The van der Waals surface area contributed by atoms with E-state index in [9.17, 15) is 13.6 Å². The summed E-state index contributed by atoms with van der Waals surface area (Å²) in [5.74, 6) is -1.23. The number of hydrogen-bond acceptors (Lipinski definition) is 2. The van der Waals surface area contributed by atoms with Crippen LogP contribution in [0.4, 0.5) is 8.78 Å². The Morgan fingerprint density at radius 1 is 1.31 bits per heavy atom. The summed E-state index contributed by atoms with van der Waals surface area (Å²) in [6.07, 6.45) is 0. The molecule has 0 unspecified atom stereocenters. The minimum absolute atomic E-state index is 0.208. The van der Waals surface area contributed by atoms with Gasteiger partial charge in [0, 0.05) is 24.0 Å². The second kappa shape index (κ2) is 5.01. The van der Waals surface area contributed by atoms with Crippen LogP contribution in [-0.4, -0.2) is 30.2 Å². The van der Waals surface area contributed by atoms with Crippen molar-refractivity contribution in [3.05, 3.63) is 29.3 Å². The van der Waals surface area contributed by atoms with E-state index in [4.69, 9.17) is 11.6 Å².